The fraction of sp³-hybridized carbons (Fsp3) is 0.750. The third-order valence-electron chi connectivity index (χ3n) is 2.15. The SMILES string of the molecule is CN(N=O)C(=O)N[C@@H](C=O)[C@H](O)[C@H](O)[C@H](O)CO. The monoisotopic (exact) mass is 265 g/mol. The van der Waals surface area contributed by atoms with Gasteiger partial charge in [0.25, 0.3) is 0 Å². The quantitative estimate of drug-likeness (QED) is 0.186. The lowest BCUT2D eigenvalue weighted by molar-refractivity contribution is -0.119. The molecule has 0 aliphatic carbocycles. The number of hydrogen-bond donors (Lipinski definition) is 5. The maximum Gasteiger partial charge on any atom is 0.340 e. The number of nitrogens with zero attached hydrogens (tertiary/aromatic N) is 2. The van der Waals surface area contributed by atoms with E-state index in [1.54, 1.807) is 0 Å². The highest BCUT2D eigenvalue weighted by atomic mass is 16.4. The van der Waals surface area contributed by atoms with Crippen molar-refractivity contribution < 1.29 is 30.0 Å². The van der Waals surface area contributed by atoms with Crippen molar-refractivity contribution in [1.82, 2.24) is 10.3 Å². The van der Waals surface area contributed by atoms with E-state index in [0.717, 1.165) is 7.05 Å². The van der Waals surface area contributed by atoms with Gasteiger partial charge in [0, 0.05) is 7.05 Å². The zero-order valence-corrected chi connectivity index (χ0v) is 9.50. The standard InChI is InChI=1S/C8H15N3O7/c1-11(10-18)8(17)9-4(2-12)6(15)7(16)5(14)3-13/h2,4-7,13-16H,3H2,1H3,(H,9,17)/t4-,5+,6-,7+/m0/s1. The molecule has 2 amide bonds. The highest BCUT2D eigenvalue weighted by Crippen LogP contribution is 2.04. The Kier molecular flexibility index (Phi) is 6.97. The van der Waals surface area contributed by atoms with Gasteiger partial charge >= 0.3 is 6.03 Å². The van der Waals surface area contributed by atoms with Gasteiger partial charge in [-0.1, -0.05) is 0 Å². The largest absolute Gasteiger partial charge is 0.394 e. The minimum absolute atomic E-state index is 0.106. The normalized spacial score (nSPS) is 17.2. The molecule has 10 nitrogen and oxygen atoms in total. The molecule has 0 aromatic rings. The van der Waals surface area contributed by atoms with Gasteiger partial charge in [-0.05, 0) is 0 Å². The first-order valence-electron chi connectivity index (χ1n) is 4.86. The average molecular weight is 265 g/mol. The van der Waals surface area contributed by atoms with E-state index >= 15 is 0 Å². The topological polar surface area (TPSA) is 160 Å². The summed E-state index contributed by atoms with van der Waals surface area (Å²) in [5, 5.41) is 40.9. The Morgan fingerprint density at radius 3 is 2.33 bits per heavy atom. The lowest BCUT2D eigenvalue weighted by Crippen LogP contribution is -2.54. The molecule has 4 atom stereocenters. The van der Waals surface area contributed by atoms with Gasteiger partial charge in [-0.25, -0.2) is 4.79 Å². The van der Waals surface area contributed by atoms with E-state index < -0.39 is 37.0 Å². The molecule has 104 valence electrons. The first-order valence-corrected chi connectivity index (χ1v) is 4.86. The number of urea groups is 1. The third-order valence-corrected chi connectivity index (χ3v) is 2.15. The summed E-state index contributed by atoms with van der Waals surface area (Å²) in [5.41, 5.74) is 0. The summed E-state index contributed by atoms with van der Waals surface area (Å²) in [4.78, 5) is 31.8. The number of nitroso groups, excluding NO2 is 1. The van der Waals surface area contributed by atoms with Crippen LogP contribution in [0.1, 0.15) is 0 Å². The second-order valence-electron chi connectivity index (χ2n) is 3.45. The Labute approximate surface area is 102 Å². The summed E-state index contributed by atoms with van der Waals surface area (Å²) >= 11 is 0. The van der Waals surface area contributed by atoms with Crippen molar-refractivity contribution in [2.45, 2.75) is 24.4 Å². The summed E-state index contributed by atoms with van der Waals surface area (Å²) in [6, 6.07) is -2.65. The highest BCUT2D eigenvalue weighted by molar-refractivity contribution is 5.77. The summed E-state index contributed by atoms with van der Waals surface area (Å²) in [6.07, 6.45) is -5.27. The van der Waals surface area contributed by atoms with Gasteiger partial charge in [-0.2, -0.15) is 5.01 Å². The Hall–Kier alpha value is -1.62. The zero-order chi connectivity index (χ0) is 14.3. The first-order chi connectivity index (χ1) is 8.38. The van der Waals surface area contributed by atoms with Gasteiger partial charge in [0.2, 0.25) is 0 Å². The van der Waals surface area contributed by atoms with Crippen LogP contribution in [0, 0.1) is 4.91 Å². The van der Waals surface area contributed by atoms with Gasteiger partial charge < -0.3 is 30.5 Å². The fourth-order valence-corrected chi connectivity index (χ4v) is 1.02. The minimum atomic E-state index is -1.85. The van der Waals surface area contributed by atoms with E-state index in [1.165, 1.54) is 0 Å². The lowest BCUT2D eigenvalue weighted by Gasteiger charge is -2.26. The number of amides is 2. The van der Waals surface area contributed by atoms with Crippen LogP contribution in [0.5, 0.6) is 0 Å². The Balaban J connectivity index is 4.62. The van der Waals surface area contributed by atoms with Crippen molar-refractivity contribution in [3.8, 4) is 0 Å². The van der Waals surface area contributed by atoms with E-state index in [0.29, 0.717) is 5.01 Å². The summed E-state index contributed by atoms with van der Waals surface area (Å²) in [6.45, 7) is -0.840. The van der Waals surface area contributed by atoms with Crippen molar-refractivity contribution in [3.63, 3.8) is 0 Å². The number of hydrogen-bond acceptors (Lipinski definition) is 8. The highest BCUT2D eigenvalue weighted by Gasteiger charge is 2.32. The molecule has 0 aliphatic heterocycles. The maximum atomic E-state index is 11.2. The number of aldehydes is 1. The van der Waals surface area contributed by atoms with Crippen LogP contribution in [-0.2, 0) is 4.79 Å². The number of carbonyl (C=O) groups excluding carboxylic acids is 2. The summed E-state index contributed by atoms with van der Waals surface area (Å²) in [5.74, 6) is 0. The molecule has 5 N–H and O–H groups in total. The molecular formula is C8H15N3O7. The molecule has 0 rings (SSSR count). The second-order valence-corrected chi connectivity index (χ2v) is 3.45. The van der Waals surface area contributed by atoms with Gasteiger partial charge in [-0.15, -0.1) is 4.91 Å². The predicted octanol–water partition coefficient (Wildman–Crippen LogP) is -3.05. The lowest BCUT2D eigenvalue weighted by atomic mass is 10.0. The average Bonchev–Trinajstić information content (AvgIpc) is 2.40. The van der Waals surface area contributed by atoms with Crippen LogP contribution in [0.3, 0.4) is 0 Å². The van der Waals surface area contributed by atoms with Crippen molar-refractivity contribution in [3.05, 3.63) is 4.91 Å². The Morgan fingerprint density at radius 1 is 1.39 bits per heavy atom. The summed E-state index contributed by atoms with van der Waals surface area (Å²) < 4.78 is 0. The van der Waals surface area contributed by atoms with Gasteiger partial charge in [0.15, 0.2) is 0 Å². The molecule has 18 heavy (non-hydrogen) atoms. The summed E-state index contributed by atoms with van der Waals surface area (Å²) in [7, 11) is 1.01. The number of aliphatic hydroxyl groups is 4. The molecule has 0 saturated carbocycles. The molecule has 0 bridgehead atoms. The van der Waals surface area contributed by atoms with E-state index in [1.807, 2.05) is 5.32 Å². The number of nitrogens with one attached hydrogen (secondary N) is 1. The van der Waals surface area contributed by atoms with Crippen LogP contribution in [0.4, 0.5) is 4.79 Å². The molecule has 0 aromatic carbocycles. The second kappa shape index (κ2) is 7.66. The predicted molar refractivity (Wildman–Crippen MR) is 57.0 cm³/mol. The molecule has 0 heterocycles. The molecule has 0 fully saturated rings. The van der Waals surface area contributed by atoms with Crippen molar-refractivity contribution in [2.24, 2.45) is 5.29 Å². The molecular weight excluding hydrogens is 250 g/mol. The Bertz CT molecular complexity index is 300. The van der Waals surface area contributed by atoms with Crippen molar-refractivity contribution in [1.29, 1.82) is 0 Å². The molecule has 10 heteroatoms. The Morgan fingerprint density at radius 2 is 1.94 bits per heavy atom. The van der Waals surface area contributed by atoms with Crippen molar-refractivity contribution >= 4 is 12.3 Å². The molecule has 0 spiro atoms. The fourth-order valence-electron chi connectivity index (χ4n) is 1.02. The molecule has 0 saturated heterocycles. The molecule has 0 aromatic heterocycles. The van der Waals surface area contributed by atoms with Crippen LogP contribution < -0.4 is 5.32 Å². The van der Waals surface area contributed by atoms with Crippen LogP contribution in [0.15, 0.2) is 5.29 Å². The maximum absolute atomic E-state index is 11.2. The van der Waals surface area contributed by atoms with Crippen LogP contribution in [-0.4, -0.2) is 75.8 Å². The number of aliphatic hydroxyl groups excluding tert-OH is 4. The van der Waals surface area contributed by atoms with Crippen LogP contribution in [0.2, 0.25) is 0 Å². The molecule has 0 aliphatic rings. The van der Waals surface area contributed by atoms with E-state index in [2.05, 4.69) is 5.29 Å². The van der Waals surface area contributed by atoms with E-state index in [9.17, 15) is 24.7 Å². The molecule has 0 radical (unpaired) electrons. The number of carbonyl (C=O) groups is 2. The van der Waals surface area contributed by atoms with Crippen molar-refractivity contribution in [2.75, 3.05) is 13.7 Å². The van der Waals surface area contributed by atoms with E-state index in [4.69, 9.17) is 10.2 Å². The van der Waals surface area contributed by atoms with Crippen LogP contribution >= 0.6 is 0 Å². The van der Waals surface area contributed by atoms with Gasteiger partial charge in [0.1, 0.15) is 30.6 Å². The molecule has 0 unspecified atom stereocenters. The van der Waals surface area contributed by atoms with Gasteiger partial charge in [0.05, 0.1) is 11.9 Å². The van der Waals surface area contributed by atoms with Crippen LogP contribution in [0.25, 0.3) is 0 Å². The number of rotatable bonds is 7. The minimum Gasteiger partial charge on any atom is -0.394 e. The zero-order valence-electron chi connectivity index (χ0n) is 9.50. The first kappa shape index (κ1) is 16.4. The smallest absolute Gasteiger partial charge is 0.340 e. The van der Waals surface area contributed by atoms with Gasteiger partial charge in [-0.3, -0.25) is 0 Å². The van der Waals surface area contributed by atoms with E-state index in [-0.39, 0.29) is 6.29 Å². The third kappa shape index (κ3) is 4.33.